The minimum Gasteiger partial charge on any atom is -0.443 e. The Kier molecular flexibility index (Phi) is 2.97. The summed E-state index contributed by atoms with van der Waals surface area (Å²) in [5.41, 5.74) is 1.18. The molecule has 1 fully saturated rings. The monoisotopic (exact) mass is 236 g/mol. The molecule has 4 nitrogen and oxygen atoms in total. The zero-order valence-electron chi connectivity index (χ0n) is 8.39. The van der Waals surface area contributed by atoms with Gasteiger partial charge < -0.3 is 4.74 Å². The first-order chi connectivity index (χ1) is 7.74. The van der Waals surface area contributed by atoms with Crippen molar-refractivity contribution in [3.05, 3.63) is 29.8 Å². The molecule has 1 heterocycles. The number of hydrogen-bond donors (Lipinski definition) is 0. The predicted molar refractivity (Wildman–Crippen MR) is 59.5 cm³/mol. The molecule has 0 radical (unpaired) electrons. The summed E-state index contributed by atoms with van der Waals surface area (Å²) in [4.78, 5) is 13.0. The van der Waals surface area contributed by atoms with Gasteiger partial charge in [0.05, 0.1) is 24.1 Å². The number of alkyl halides is 1. The van der Waals surface area contributed by atoms with Gasteiger partial charge >= 0.3 is 6.09 Å². The van der Waals surface area contributed by atoms with E-state index in [1.54, 1.807) is 24.3 Å². The minimum absolute atomic E-state index is 0.278. The van der Waals surface area contributed by atoms with Crippen molar-refractivity contribution >= 4 is 23.4 Å². The second-order valence-corrected chi connectivity index (χ2v) is 3.74. The molecule has 2 rings (SSSR count). The molecule has 5 heteroatoms. The van der Waals surface area contributed by atoms with E-state index in [0.717, 1.165) is 0 Å². The normalized spacial score (nSPS) is 19.4. The van der Waals surface area contributed by atoms with Crippen LogP contribution in [0.3, 0.4) is 0 Å². The summed E-state index contributed by atoms with van der Waals surface area (Å²) in [6.07, 6.45) is -0.694. The number of hydrogen-bond acceptors (Lipinski definition) is 3. The zero-order chi connectivity index (χ0) is 11.5. The molecular formula is C11H9ClN2O2. The van der Waals surface area contributed by atoms with E-state index in [9.17, 15) is 4.79 Å². The maximum absolute atomic E-state index is 11.5. The largest absolute Gasteiger partial charge is 0.443 e. The average molecular weight is 237 g/mol. The van der Waals surface area contributed by atoms with Gasteiger partial charge in [-0.05, 0) is 18.2 Å². The maximum Gasteiger partial charge on any atom is 0.414 e. The summed E-state index contributed by atoms with van der Waals surface area (Å²) in [5.74, 6) is 0.278. The molecule has 1 amide bonds. The zero-order valence-corrected chi connectivity index (χ0v) is 9.15. The fourth-order valence-electron chi connectivity index (χ4n) is 1.56. The minimum atomic E-state index is -0.416. The molecule has 1 aliphatic heterocycles. The molecule has 1 saturated heterocycles. The first-order valence-corrected chi connectivity index (χ1v) is 5.32. The Balaban J connectivity index is 2.25. The Bertz CT molecular complexity index is 456. The number of nitriles is 1. The Morgan fingerprint density at radius 3 is 3.06 bits per heavy atom. The molecule has 0 aliphatic carbocycles. The molecule has 1 aromatic carbocycles. The van der Waals surface area contributed by atoms with E-state index in [1.165, 1.54) is 4.90 Å². The quantitative estimate of drug-likeness (QED) is 0.739. The van der Waals surface area contributed by atoms with Crippen molar-refractivity contribution in [2.75, 3.05) is 17.3 Å². The number of nitrogens with zero attached hydrogens (tertiary/aromatic N) is 2. The van der Waals surface area contributed by atoms with E-state index in [0.29, 0.717) is 17.8 Å². The van der Waals surface area contributed by atoms with Gasteiger partial charge in [-0.15, -0.1) is 11.6 Å². The van der Waals surface area contributed by atoms with Crippen LogP contribution in [-0.2, 0) is 4.74 Å². The van der Waals surface area contributed by atoms with E-state index < -0.39 is 6.09 Å². The van der Waals surface area contributed by atoms with Crippen LogP contribution in [0.25, 0.3) is 0 Å². The molecule has 1 aromatic rings. The van der Waals surface area contributed by atoms with Crippen molar-refractivity contribution in [2.24, 2.45) is 0 Å². The van der Waals surface area contributed by atoms with Crippen molar-refractivity contribution < 1.29 is 9.53 Å². The standard InChI is InChI=1S/C11H9ClN2O2/c12-5-10-7-14(11(15)16-10)9-3-1-2-8(4-9)6-13/h1-4,10H,5,7H2. The molecule has 0 N–H and O–H groups in total. The van der Waals surface area contributed by atoms with E-state index in [1.807, 2.05) is 6.07 Å². The Hall–Kier alpha value is -1.73. The van der Waals surface area contributed by atoms with Gasteiger partial charge in [0.15, 0.2) is 0 Å². The summed E-state index contributed by atoms with van der Waals surface area (Å²) in [7, 11) is 0. The third-order valence-corrected chi connectivity index (χ3v) is 2.68. The van der Waals surface area contributed by atoms with E-state index in [4.69, 9.17) is 21.6 Å². The summed E-state index contributed by atoms with van der Waals surface area (Å²) in [6.45, 7) is 0.428. The molecule has 0 aromatic heterocycles. The molecule has 0 spiro atoms. The second-order valence-electron chi connectivity index (χ2n) is 3.43. The number of cyclic esters (lactones) is 1. The van der Waals surface area contributed by atoms with Crippen molar-refractivity contribution in [2.45, 2.75) is 6.10 Å². The van der Waals surface area contributed by atoms with E-state index in [2.05, 4.69) is 0 Å². The average Bonchev–Trinajstić information content (AvgIpc) is 2.71. The molecule has 82 valence electrons. The topological polar surface area (TPSA) is 53.3 Å². The molecule has 0 saturated carbocycles. The summed E-state index contributed by atoms with van der Waals surface area (Å²) in [5, 5.41) is 8.76. The molecule has 1 aliphatic rings. The lowest BCUT2D eigenvalue weighted by molar-refractivity contribution is 0.151. The summed E-state index contributed by atoms with van der Waals surface area (Å²) < 4.78 is 5.02. The van der Waals surface area contributed by atoms with Gasteiger partial charge in [-0.2, -0.15) is 5.26 Å². The molecular weight excluding hydrogens is 228 g/mol. The van der Waals surface area contributed by atoms with Crippen LogP contribution in [-0.4, -0.2) is 24.6 Å². The third kappa shape index (κ3) is 1.95. The SMILES string of the molecule is N#Cc1cccc(N2CC(CCl)OC2=O)c1. The van der Waals surface area contributed by atoms with E-state index >= 15 is 0 Å². The number of anilines is 1. The van der Waals surface area contributed by atoms with Crippen LogP contribution in [0.15, 0.2) is 24.3 Å². The molecule has 1 atom stereocenters. The molecule has 0 bridgehead atoms. The van der Waals surface area contributed by atoms with Crippen molar-refractivity contribution in [3.8, 4) is 6.07 Å². The van der Waals surface area contributed by atoms with Gasteiger partial charge in [0.1, 0.15) is 6.10 Å². The van der Waals surface area contributed by atoms with Gasteiger partial charge in [0, 0.05) is 5.69 Å². The van der Waals surface area contributed by atoms with Crippen molar-refractivity contribution in [1.82, 2.24) is 0 Å². The van der Waals surface area contributed by atoms with Crippen LogP contribution >= 0.6 is 11.6 Å². The lowest BCUT2D eigenvalue weighted by Gasteiger charge is -2.12. The fourth-order valence-corrected chi connectivity index (χ4v) is 1.72. The van der Waals surface area contributed by atoms with Crippen LogP contribution in [0, 0.1) is 11.3 Å². The fraction of sp³-hybridized carbons (Fsp3) is 0.273. The van der Waals surface area contributed by atoms with Crippen molar-refractivity contribution in [1.29, 1.82) is 5.26 Å². The predicted octanol–water partition coefficient (Wildman–Crippen LogP) is 2.12. The number of ether oxygens (including phenoxy) is 1. The van der Waals surface area contributed by atoms with Crippen molar-refractivity contribution in [3.63, 3.8) is 0 Å². The Labute approximate surface area is 98.0 Å². The third-order valence-electron chi connectivity index (χ3n) is 2.33. The first kappa shape index (κ1) is 10.8. The highest BCUT2D eigenvalue weighted by molar-refractivity contribution is 6.18. The number of halogens is 1. The highest BCUT2D eigenvalue weighted by Gasteiger charge is 2.31. The van der Waals surface area contributed by atoms with Gasteiger partial charge in [-0.25, -0.2) is 4.79 Å². The first-order valence-electron chi connectivity index (χ1n) is 4.79. The molecule has 16 heavy (non-hydrogen) atoms. The summed E-state index contributed by atoms with van der Waals surface area (Å²) >= 11 is 5.63. The van der Waals surface area contributed by atoms with Gasteiger partial charge in [0.2, 0.25) is 0 Å². The lowest BCUT2D eigenvalue weighted by Crippen LogP contribution is -2.24. The van der Waals surface area contributed by atoms with Crippen LogP contribution in [0.4, 0.5) is 10.5 Å². The van der Waals surface area contributed by atoms with Gasteiger partial charge in [0.25, 0.3) is 0 Å². The number of carbonyl (C=O) groups excluding carboxylic acids is 1. The smallest absolute Gasteiger partial charge is 0.414 e. The van der Waals surface area contributed by atoms with Crippen LogP contribution in [0.1, 0.15) is 5.56 Å². The summed E-state index contributed by atoms with van der Waals surface area (Å²) in [6, 6.07) is 8.86. The van der Waals surface area contributed by atoms with Gasteiger partial charge in [-0.3, -0.25) is 4.90 Å². The number of amides is 1. The Morgan fingerprint density at radius 1 is 1.62 bits per heavy atom. The highest BCUT2D eigenvalue weighted by atomic mass is 35.5. The Morgan fingerprint density at radius 2 is 2.44 bits per heavy atom. The van der Waals surface area contributed by atoms with Crippen LogP contribution in [0.2, 0.25) is 0 Å². The number of rotatable bonds is 2. The number of benzene rings is 1. The second kappa shape index (κ2) is 4.42. The highest BCUT2D eigenvalue weighted by Crippen LogP contribution is 2.22. The maximum atomic E-state index is 11.5. The number of carbonyl (C=O) groups is 1. The van der Waals surface area contributed by atoms with Gasteiger partial charge in [-0.1, -0.05) is 6.07 Å². The van der Waals surface area contributed by atoms with E-state index in [-0.39, 0.29) is 12.0 Å². The van der Waals surface area contributed by atoms with Crippen LogP contribution < -0.4 is 4.90 Å². The van der Waals surface area contributed by atoms with Crippen LogP contribution in [0.5, 0.6) is 0 Å². The molecule has 1 unspecified atom stereocenters. The lowest BCUT2D eigenvalue weighted by atomic mass is 10.2.